The number of carbonyl (C=O) groups is 1. The van der Waals surface area contributed by atoms with Gasteiger partial charge in [-0.3, -0.25) is 14.5 Å². The van der Waals surface area contributed by atoms with E-state index >= 15 is 0 Å². The summed E-state index contributed by atoms with van der Waals surface area (Å²) in [6, 6.07) is 5.61. The van der Waals surface area contributed by atoms with Gasteiger partial charge in [-0.25, -0.2) is 0 Å². The highest BCUT2D eigenvalue weighted by Crippen LogP contribution is 2.27. The lowest BCUT2D eigenvalue weighted by molar-refractivity contribution is -0.141. The third-order valence-corrected chi connectivity index (χ3v) is 4.74. The largest absolute Gasteiger partial charge is 0.433 e. The maximum Gasteiger partial charge on any atom is 0.433 e. The second-order valence-corrected chi connectivity index (χ2v) is 6.86. The fraction of sp³-hybridized carbons (Fsp3) is 0.278. The van der Waals surface area contributed by atoms with E-state index in [0.29, 0.717) is 0 Å². The van der Waals surface area contributed by atoms with Gasteiger partial charge in [0.05, 0.1) is 17.3 Å². The summed E-state index contributed by atoms with van der Waals surface area (Å²) in [6.07, 6.45) is -3.60. The summed E-state index contributed by atoms with van der Waals surface area (Å²) in [4.78, 5) is 15.7. The van der Waals surface area contributed by atoms with Crippen molar-refractivity contribution in [2.75, 3.05) is 6.54 Å². The zero-order valence-electron chi connectivity index (χ0n) is 14.6. The molecule has 0 fully saturated rings. The lowest BCUT2D eigenvalue weighted by Crippen LogP contribution is -2.32. The van der Waals surface area contributed by atoms with Gasteiger partial charge in [-0.05, 0) is 54.4 Å². The Bertz CT molecular complexity index is 917. The van der Waals surface area contributed by atoms with Crippen LogP contribution in [0.1, 0.15) is 39.0 Å². The predicted molar refractivity (Wildman–Crippen MR) is 95.7 cm³/mol. The molecule has 3 rings (SSSR count). The van der Waals surface area contributed by atoms with Crippen LogP contribution < -0.4 is 5.32 Å². The van der Waals surface area contributed by atoms with Crippen molar-refractivity contribution in [3.05, 3.63) is 69.4 Å². The SMILES string of the molecule is Cc1cc(C)n([C@@H](CNC(=O)c2ccc(C(F)(F)F)nc2)c2ccsc2)n1. The molecule has 0 aliphatic rings. The molecule has 0 saturated heterocycles. The maximum absolute atomic E-state index is 12.6. The first-order chi connectivity index (χ1) is 12.8. The average Bonchev–Trinajstić information content (AvgIpc) is 3.25. The van der Waals surface area contributed by atoms with Crippen molar-refractivity contribution < 1.29 is 18.0 Å². The summed E-state index contributed by atoms with van der Waals surface area (Å²) in [5, 5.41) is 11.2. The summed E-state index contributed by atoms with van der Waals surface area (Å²) in [7, 11) is 0. The molecule has 0 aromatic carbocycles. The Morgan fingerprint density at radius 3 is 2.59 bits per heavy atom. The average molecular weight is 394 g/mol. The van der Waals surface area contributed by atoms with Gasteiger partial charge in [0.1, 0.15) is 5.69 Å². The van der Waals surface area contributed by atoms with Crippen LogP contribution in [0.15, 0.2) is 41.2 Å². The van der Waals surface area contributed by atoms with Gasteiger partial charge in [0.15, 0.2) is 0 Å². The van der Waals surface area contributed by atoms with Crippen LogP contribution in [-0.4, -0.2) is 27.2 Å². The second-order valence-electron chi connectivity index (χ2n) is 6.08. The van der Waals surface area contributed by atoms with Crippen molar-refractivity contribution >= 4 is 17.2 Å². The highest BCUT2D eigenvalue weighted by molar-refractivity contribution is 7.07. The van der Waals surface area contributed by atoms with Crippen molar-refractivity contribution in [2.45, 2.75) is 26.1 Å². The molecule has 3 aromatic heterocycles. The van der Waals surface area contributed by atoms with Crippen LogP contribution in [0.5, 0.6) is 0 Å². The first kappa shape index (κ1) is 19.1. The number of halogens is 3. The lowest BCUT2D eigenvalue weighted by atomic mass is 10.1. The molecule has 1 N–H and O–H groups in total. The van der Waals surface area contributed by atoms with E-state index in [0.717, 1.165) is 35.3 Å². The van der Waals surface area contributed by atoms with Crippen LogP contribution in [0.3, 0.4) is 0 Å². The quantitative estimate of drug-likeness (QED) is 0.712. The molecular formula is C18H17F3N4OS. The molecule has 0 aliphatic carbocycles. The molecule has 0 radical (unpaired) electrons. The Labute approximate surface area is 157 Å². The molecule has 0 bridgehead atoms. The van der Waals surface area contributed by atoms with E-state index in [9.17, 15) is 18.0 Å². The van der Waals surface area contributed by atoms with Crippen LogP contribution in [0.2, 0.25) is 0 Å². The highest BCUT2D eigenvalue weighted by Gasteiger charge is 2.32. The van der Waals surface area contributed by atoms with Crippen LogP contribution in [0.25, 0.3) is 0 Å². The van der Waals surface area contributed by atoms with Gasteiger partial charge < -0.3 is 5.32 Å². The van der Waals surface area contributed by atoms with Gasteiger partial charge in [0.2, 0.25) is 0 Å². The summed E-state index contributed by atoms with van der Waals surface area (Å²) < 4.78 is 39.6. The Morgan fingerprint density at radius 2 is 2.07 bits per heavy atom. The van der Waals surface area contributed by atoms with Crippen LogP contribution in [-0.2, 0) is 6.18 Å². The molecule has 1 amide bonds. The Hall–Kier alpha value is -2.68. The van der Waals surface area contributed by atoms with E-state index in [-0.39, 0.29) is 18.2 Å². The number of thiophene rings is 1. The molecule has 3 heterocycles. The fourth-order valence-corrected chi connectivity index (χ4v) is 3.47. The van der Waals surface area contributed by atoms with Crippen molar-refractivity contribution in [2.24, 2.45) is 0 Å². The van der Waals surface area contributed by atoms with Crippen LogP contribution >= 0.6 is 11.3 Å². The van der Waals surface area contributed by atoms with E-state index in [1.807, 2.05) is 41.4 Å². The predicted octanol–water partition coefficient (Wildman–Crippen LogP) is 3.99. The van der Waals surface area contributed by atoms with Gasteiger partial charge in [0.25, 0.3) is 5.91 Å². The standard InChI is InChI=1S/C18H17F3N4OS/c1-11-7-12(2)25(24-11)15(14-5-6-27-10-14)9-23-17(26)13-3-4-16(22-8-13)18(19,20)21/h3-8,10,15H,9H2,1-2H3,(H,23,26)/t15-/m0/s1. The minimum absolute atomic E-state index is 0.0698. The monoisotopic (exact) mass is 394 g/mol. The maximum atomic E-state index is 12.6. The van der Waals surface area contributed by atoms with Crippen molar-refractivity contribution in [1.82, 2.24) is 20.1 Å². The number of nitrogens with zero attached hydrogens (tertiary/aromatic N) is 3. The molecule has 0 unspecified atom stereocenters. The zero-order valence-corrected chi connectivity index (χ0v) is 15.4. The van der Waals surface area contributed by atoms with E-state index in [4.69, 9.17) is 0 Å². The minimum Gasteiger partial charge on any atom is -0.349 e. The summed E-state index contributed by atoms with van der Waals surface area (Å²) in [5.74, 6) is -0.488. The number of rotatable bonds is 5. The van der Waals surface area contributed by atoms with Gasteiger partial charge in [-0.15, -0.1) is 0 Å². The van der Waals surface area contributed by atoms with E-state index in [2.05, 4.69) is 15.4 Å². The second kappa shape index (κ2) is 7.51. The summed E-state index contributed by atoms with van der Waals surface area (Å²) in [6.45, 7) is 4.07. The normalized spacial score (nSPS) is 12.8. The Morgan fingerprint density at radius 1 is 1.30 bits per heavy atom. The smallest absolute Gasteiger partial charge is 0.349 e. The van der Waals surface area contributed by atoms with Crippen LogP contribution in [0, 0.1) is 13.8 Å². The Kier molecular flexibility index (Phi) is 5.31. The van der Waals surface area contributed by atoms with Crippen molar-refractivity contribution in [3.63, 3.8) is 0 Å². The lowest BCUT2D eigenvalue weighted by Gasteiger charge is -2.19. The molecule has 3 aromatic rings. The van der Waals surface area contributed by atoms with Crippen molar-refractivity contribution in [1.29, 1.82) is 0 Å². The number of amides is 1. The number of hydrogen-bond donors (Lipinski definition) is 1. The molecule has 5 nitrogen and oxygen atoms in total. The molecule has 27 heavy (non-hydrogen) atoms. The van der Waals surface area contributed by atoms with E-state index in [1.54, 1.807) is 0 Å². The third-order valence-electron chi connectivity index (χ3n) is 4.04. The number of pyridine rings is 1. The molecular weight excluding hydrogens is 377 g/mol. The van der Waals surface area contributed by atoms with Gasteiger partial charge in [-0.1, -0.05) is 0 Å². The van der Waals surface area contributed by atoms with E-state index < -0.39 is 17.8 Å². The number of aryl methyl sites for hydroxylation is 2. The van der Waals surface area contributed by atoms with Gasteiger partial charge in [0, 0.05) is 18.4 Å². The Balaban J connectivity index is 1.76. The molecule has 9 heteroatoms. The van der Waals surface area contributed by atoms with E-state index in [1.165, 1.54) is 11.3 Å². The molecule has 0 spiro atoms. The zero-order chi connectivity index (χ0) is 19.6. The molecule has 0 saturated carbocycles. The number of hydrogen-bond acceptors (Lipinski definition) is 4. The highest BCUT2D eigenvalue weighted by atomic mass is 32.1. The molecule has 142 valence electrons. The van der Waals surface area contributed by atoms with Crippen molar-refractivity contribution in [3.8, 4) is 0 Å². The molecule has 1 atom stereocenters. The minimum atomic E-state index is -4.53. The fourth-order valence-electron chi connectivity index (χ4n) is 2.76. The first-order valence-electron chi connectivity index (χ1n) is 8.12. The van der Waals surface area contributed by atoms with Gasteiger partial charge >= 0.3 is 6.18 Å². The summed E-state index contributed by atoms with van der Waals surface area (Å²) in [5.41, 5.74) is 1.86. The number of nitrogens with one attached hydrogen (secondary N) is 1. The van der Waals surface area contributed by atoms with Gasteiger partial charge in [-0.2, -0.15) is 29.6 Å². The third kappa shape index (κ3) is 4.36. The number of carbonyl (C=O) groups excluding carboxylic acids is 1. The number of alkyl halides is 3. The summed E-state index contributed by atoms with van der Waals surface area (Å²) >= 11 is 1.54. The van der Waals surface area contributed by atoms with Crippen LogP contribution in [0.4, 0.5) is 13.2 Å². The molecule has 0 aliphatic heterocycles. The first-order valence-corrected chi connectivity index (χ1v) is 9.06. The number of aromatic nitrogens is 3. The topological polar surface area (TPSA) is 59.8 Å².